The molecule has 0 nitrogen and oxygen atoms in total. The van der Waals surface area contributed by atoms with Crippen LogP contribution in [-0.4, -0.2) is 18.8 Å². The largest absolute Gasteiger partial charge is 0.0909 e. The molecule has 0 aromatic rings. The van der Waals surface area contributed by atoms with Crippen LogP contribution in [0.2, 0.25) is 0 Å². The Balaban J connectivity index is 2.82. The molecular weight excluding hydrogens is 440 g/mol. The van der Waals surface area contributed by atoms with Crippen molar-refractivity contribution in [2.45, 2.75) is 40.2 Å². The van der Waals surface area contributed by atoms with Crippen LogP contribution in [0.5, 0.6) is 0 Å². The van der Waals surface area contributed by atoms with Gasteiger partial charge in [0.05, 0.1) is 4.32 Å². The molecule has 0 amide bonds. The van der Waals surface area contributed by atoms with E-state index in [1.54, 1.807) is 0 Å². The highest BCUT2D eigenvalue weighted by atomic mass is 79.9. The van der Waals surface area contributed by atoms with Gasteiger partial charge in [-0.3, -0.25) is 0 Å². The van der Waals surface area contributed by atoms with Crippen LogP contribution in [0.3, 0.4) is 0 Å². The maximum atomic E-state index is 3.76. The highest BCUT2D eigenvalue weighted by Crippen LogP contribution is 2.44. The van der Waals surface area contributed by atoms with E-state index in [0.717, 1.165) is 18.2 Å². The molecule has 0 fully saturated rings. The molecule has 0 unspecified atom stereocenters. The fourth-order valence-corrected chi connectivity index (χ4v) is 2.99. The van der Waals surface area contributed by atoms with E-state index in [4.69, 9.17) is 0 Å². The van der Waals surface area contributed by atoms with Crippen LogP contribution in [-0.2, 0) is 0 Å². The van der Waals surface area contributed by atoms with E-state index in [1.807, 2.05) is 0 Å². The molecule has 14 heavy (non-hydrogen) atoms. The second-order valence-corrected chi connectivity index (χ2v) is 9.44. The van der Waals surface area contributed by atoms with E-state index >= 15 is 0 Å². The summed E-state index contributed by atoms with van der Waals surface area (Å²) in [6, 6.07) is 0. The van der Waals surface area contributed by atoms with Gasteiger partial charge < -0.3 is 0 Å². The summed E-state index contributed by atoms with van der Waals surface area (Å²) in [5.41, 5.74) is 1.48. The Morgan fingerprint density at radius 1 is 1.64 bits per heavy atom. The van der Waals surface area contributed by atoms with Crippen LogP contribution in [0.4, 0.5) is 0 Å². The van der Waals surface area contributed by atoms with Crippen LogP contribution >= 0.6 is 63.7 Å². The first kappa shape index (κ1) is 13.7. The van der Waals surface area contributed by atoms with Gasteiger partial charge in [-0.1, -0.05) is 75.4 Å². The zero-order valence-electron chi connectivity index (χ0n) is 8.29. The number of alkyl halides is 4. The SMILES string of the molecule is C[C@](Br)(CBr)C1=CC[C@](C)(Br)[C@@H](Br)C1. The second kappa shape index (κ2) is 4.89. The fourth-order valence-electron chi connectivity index (χ4n) is 1.45. The molecule has 82 valence electrons. The zero-order valence-corrected chi connectivity index (χ0v) is 14.6. The monoisotopic (exact) mass is 450 g/mol. The quantitative estimate of drug-likeness (QED) is 0.399. The van der Waals surface area contributed by atoms with E-state index in [9.17, 15) is 0 Å². The Bertz CT molecular complexity index is 243. The second-order valence-electron chi connectivity index (χ2n) is 4.21. The van der Waals surface area contributed by atoms with Crippen LogP contribution in [0.1, 0.15) is 26.7 Å². The third-order valence-electron chi connectivity index (χ3n) is 2.72. The Hall–Kier alpha value is 1.66. The van der Waals surface area contributed by atoms with Crippen molar-refractivity contribution in [3.8, 4) is 0 Å². The lowest BCUT2D eigenvalue weighted by molar-refractivity contribution is 0.576. The summed E-state index contributed by atoms with van der Waals surface area (Å²) in [6.45, 7) is 4.45. The Labute approximate surface area is 120 Å². The number of allylic oxidation sites excluding steroid dienone is 2. The van der Waals surface area contributed by atoms with Crippen molar-refractivity contribution >= 4 is 63.7 Å². The summed E-state index contributed by atoms with van der Waals surface area (Å²) >= 11 is 14.8. The van der Waals surface area contributed by atoms with Crippen molar-refractivity contribution in [1.29, 1.82) is 0 Å². The van der Waals surface area contributed by atoms with Crippen LogP contribution in [0.15, 0.2) is 11.6 Å². The molecule has 1 aliphatic rings. The van der Waals surface area contributed by atoms with Crippen molar-refractivity contribution in [1.82, 2.24) is 0 Å². The molecule has 3 atom stereocenters. The molecule has 0 radical (unpaired) electrons. The zero-order chi connectivity index (χ0) is 11.0. The lowest BCUT2D eigenvalue weighted by atomic mass is 9.85. The molecule has 0 saturated heterocycles. The molecular formula is C10H14Br4. The van der Waals surface area contributed by atoms with Crippen molar-refractivity contribution in [2.24, 2.45) is 0 Å². The molecule has 4 heteroatoms. The van der Waals surface area contributed by atoms with Crippen LogP contribution in [0, 0.1) is 0 Å². The van der Waals surface area contributed by atoms with Gasteiger partial charge in [0.25, 0.3) is 0 Å². The summed E-state index contributed by atoms with van der Waals surface area (Å²) < 4.78 is 0.300. The van der Waals surface area contributed by atoms with Gasteiger partial charge in [0.1, 0.15) is 0 Å². The van der Waals surface area contributed by atoms with E-state index in [1.165, 1.54) is 5.57 Å². The predicted molar refractivity (Wildman–Crippen MR) is 78.5 cm³/mol. The van der Waals surface area contributed by atoms with Crippen LogP contribution < -0.4 is 0 Å². The van der Waals surface area contributed by atoms with Crippen molar-refractivity contribution in [3.05, 3.63) is 11.6 Å². The number of hydrogen-bond donors (Lipinski definition) is 0. The van der Waals surface area contributed by atoms with Gasteiger partial charge in [-0.05, 0) is 26.7 Å². The number of halogens is 4. The third-order valence-corrected chi connectivity index (χ3v) is 8.21. The topological polar surface area (TPSA) is 0 Å². The van der Waals surface area contributed by atoms with Crippen LogP contribution in [0.25, 0.3) is 0 Å². The maximum Gasteiger partial charge on any atom is 0.0534 e. The maximum absolute atomic E-state index is 3.76. The average Bonchev–Trinajstić information content (AvgIpc) is 2.09. The first-order valence-electron chi connectivity index (χ1n) is 4.57. The molecule has 0 heterocycles. The summed E-state index contributed by atoms with van der Waals surface area (Å²) in [7, 11) is 0. The summed E-state index contributed by atoms with van der Waals surface area (Å²) in [4.78, 5) is 0.505. The number of rotatable bonds is 2. The molecule has 1 rings (SSSR count). The third kappa shape index (κ3) is 3.08. The highest BCUT2D eigenvalue weighted by molar-refractivity contribution is 9.13. The molecule has 0 aliphatic heterocycles. The first-order chi connectivity index (χ1) is 6.29. The van der Waals surface area contributed by atoms with E-state index < -0.39 is 0 Å². The lowest BCUT2D eigenvalue weighted by Gasteiger charge is -2.36. The van der Waals surface area contributed by atoms with Gasteiger partial charge in [0.15, 0.2) is 0 Å². The molecule has 0 spiro atoms. The minimum atomic E-state index is 0.0997. The van der Waals surface area contributed by atoms with E-state index in [-0.39, 0.29) is 8.65 Å². The Morgan fingerprint density at radius 2 is 2.21 bits per heavy atom. The predicted octanol–water partition coefficient (Wildman–Crippen LogP) is 5.17. The minimum Gasteiger partial charge on any atom is -0.0909 e. The lowest BCUT2D eigenvalue weighted by Crippen LogP contribution is -2.35. The van der Waals surface area contributed by atoms with Gasteiger partial charge in [0.2, 0.25) is 0 Å². The van der Waals surface area contributed by atoms with Crippen molar-refractivity contribution in [2.75, 3.05) is 5.33 Å². The molecule has 0 aromatic heterocycles. The minimum absolute atomic E-state index is 0.0997. The van der Waals surface area contributed by atoms with Gasteiger partial charge in [-0.25, -0.2) is 0 Å². The molecule has 0 saturated carbocycles. The molecule has 1 aliphatic carbocycles. The average molecular weight is 454 g/mol. The highest BCUT2D eigenvalue weighted by Gasteiger charge is 2.37. The van der Waals surface area contributed by atoms with Crippen molar-refractivity contribution in [3.63, 3.8) is 0 Å². The van der Waals surface area contributed by atoms with Crippen molar-refractivity contribution < 1.29 is 0 Å². The fraction of sp³-hybridized carbons (Fsp3) is 0.800. The normalized spacial score (nSPS) is 37.6. The smallest absolute Gasteiger partial charge is 0.0534 e. The molecule has 0 N–H and O–H groups in total. The van der Waals surface area contributed by atoms with Gasteiger partial charge in [-0.2, -0.15) is 0 Å². The first-order valence-corrected chi connectivity index (χ1v) is 8.19. The Morgan fingerprint density at radius 3 is 2.64 bits per heavy atom. The standard InChI is InChI=1S/C10H14Br4/c1-9(13)4-3-7(5-8(9)12)10(2,14)6-11/h3,8H,4-6H2,1-2H3/t8-,9-,10-/m0/s1. The van der Waals surface area contributed by atoms with E-state index in [0.29, 0.717) is 4.83 Å². The van der Waals surface area contributed by atoms with Gasteiger partial charge >= 0.3 is 0 Å². The van der Waals surface area contributed by atoms with E-state index in [2.05, 4.69) is 83.6 Å². The molecule has 0 bridgehead atoms. The summed E-state index contributed by atoms with van der Waals surface area (Å²) in [5, 5.41) is 0.949. The molecule has 0 aromatic carbocycles. The van der Waals surface area contributed by atoms with Gasteiger partial charge in [0, 0.05) is 14.5 Å². The number of hydrogen-bond acceptors (Lipinski definition) is 0. The summed E-state index contributed by atoms with van der Waals surface area (Å²) in [6.07, 6.45) is 4.52. The van der Waals surface area contributed by atoms with Gasteiger partial charge in [-0.15, -0.1) is 0 Å². The summed E-state index contributed by atoms with van der Waals surface area (Å²) in [5.74, 6) is 0. The Kier molecular flexibility index (Phi) is 4.79.